The summed E-state index contributed by atoms with van der Waals surface area (Å²) in [5, 5.41) is 16.7. The Morgan fingerprint density at radius 2 is 1.90 bits per heavy atom. The molecule has 0 atom stereocenters. The van der Waals surface area contributed by atoms with E-state index in [0.29, 0.717) is 36.4 Å². The molecule has 5 rings (SSSR count). The van der Waals surface area contributed by atoms with Gasteiger partial charge < -0.3 is 15.8 Å². The zero-order valence-electron chi connectivity index (χ0n) is 17.6. The number of aromatic amines is 1. The number of nitrogens with two attached hydrogens (primary N) is 1. The molecule has 4 N–H and O–H groups in total. The third-order valence-corrected chi connectivity index (χ3v) is 7.07. The predicted octanol–water partition coefficient (Wildman–Crippen LogP) is 2.34. The number of tetrazole rings is 1. The third-order valence-electron chi connectivity index (χ3n) is 7.07. The molecule has 3 aliphatic carbocycles. The van der Waals surface area contributed by atoms with Crippen molar-refractivity contribution < 1.29 is 13.9 Å². The number of aromatic nitrogens is 4. The van der Waals surface area contributed by atoms with Crippen molar-refractivity contribution >= 4 is 5.91 Å². The van der Waals surface area contributed by atoms with Gasteiger partial charge in [0, 0.05) is 30.5 Å². The van der Waals surface area contributed by atoms with Gasteiger partial charge in [-0.2, -0.15) is 0 Å². The molecule has 0 saturated heterocycles. The van der Waals surface area contributed by atoms with E-state index in [0.717, 1.165) is 38.5 Å². The molecule has 9 heteroatoms. The van der Waals surface area contributed by atoms with E-state index in [1.165, 1.54) is 5.56 Å². The van der Waals surface area contributed by atoms with Crippen LogP contribution in [0.3, 0.4) is 0 Å². The van der Waals surface area contributed by atoms with Gasteiger partial charge in [0.05, 0.1) is 6.33 Å². The van der Waals surface area contributed by atoms with E-state index in [2.05, 4.69) is 38.1 Å². The lowest BCUT2D eigenvalue weighted by atomic mass is 9.51. The molecule has 0 radical (unpaired) electrons. The fourth-order valence-electron chi connectivity index (χ4n) is 4.94. The summed E-state index contributed by atoms with van der Waals surface area (Å²) in [5.74, 6) is 1.54. The first-order chi connectivity index (χ1) is 15.1. The topological polar surface area (TPSA) is 119 Å². The molecule has 1 amide bonds. The second-order valence-electron chi connectivity index (χ2n) is 8.70. The van der Waals surface area contributed by atoms with Gasteiger partial charge >= 0.3 is 0 Å². The van der Waals surface area contributed by atoms with Gasteiger partial charge in [0.2, 0.25) is 5.91 Å². The Bertz CT molecular complexity index is 888. The Kier molecular flexibility index (Phi) is 6.31. The van der Waals surface area contributed by atoms with Crippen LogP contribution in [0.2, 0.25) is 0 Å². The lowest BCUT2D eigenvalue weighted by Gasteiger charge is -2.52. The standard InChI is InChI=1S/C22H29FN6O2/c23-13-16(14-24)15-31-18-3-1-17(2-4-18)21-6-9-22(10-7-21,11-8-21)20(30)25-12-5-19-26-28-29-27-19/h1-4,13H,5-12,14-15,24H2,(H,25,30)(H,26,27,28,29). The predicted molar refractivity (Wildman–Crippen MR) is 113 cm³/mol. The molecule has 3 saturated carbocycles. The molecule has 3 aliphatic rings. The molecule has 2 bridgehead atoms. The maximum atomic E-state index is 12.9. The van der Waals surface area contributed by atoms with E-state index in [4.69, 9.17) is 10.5 Å². The molecule has 1 aromatic heterocycles. The molecule has 0 spiro atoms. The number of carbonyl (C=O) groups excluding carboxylic acids is 1. The number of hydrogen-bond donors (Lipinski definition) is 3. The summed E-state index contributed by atoms with van der Waals surface area (Å²) >= 11 is 0. The van der Waals surface area contributed by atoms with Crippen molar-refractivity contribution in [3.63, 3.8) is 0 Å². The molecule has 1 heterocycles. The van der Waals surface area contributed by atoms with Crippen LogP contribution in [0.4, 0.5) is 4.39 Å². The first-order valence-corrected chi connectivity index (χ1v) is 10.8. The molecule has 0 aliphatic heterocycles. The summed E-state index contributed by atoms with van der Waals surface area (Å²) in [6.45, 7) is 0.833. The summed E-state index contributed by atoms with van der Waals surface area (Å²) in [6, 6.07) is 8.11. The number of nitrogens with zero attached hydrogens (tertiary/aromatic N) is 3. The van der Waals surface area contributed by atoms with E-state index in [-0.39, 0.29) is 29.9 Å². The zero-order valence-corrected chi connectivity index (χ0v) is 17.6. The summed E-state index contributed by atoms with van der Waals surface area (Å²) in [4.78, 5) is 12.9. The lowest BCUT2D eigenvalue weighted by molar-refractivity contribution is -0.137. The molecule has 2 aromatic rings. The summed E-state index contributed by atoms with van der Waals surface area (Å²) in [6.07, 6.45) is 6.84. The number of amides is 1. The number of nitrogens with one attached hydrogen (secondary N) is 2. The summed E-state index contributed by atoms with van der Waals surface area (Å²) < 4.78 is 18.3. The average Bonchev–Trinajstić information content (AvgIpc) is 3.35. The van der Waals surface area contributed by atoms with Gasteiger partial charge in [0.15, 0.2) is 0 Å². The van der Waals surface area contributed by atoms with E-state index >= 15 is 0 Å². The number of rotatable bonds is 9. The fraction of sp³-hybridized carbons (Fsp3) is 0.545. The van der Waals surface area contributed by atoms with Crippen molar-refractivity contribution in [2.75, 3.05) is 19.7 Å². The van der Waals surface area contributed by atoms with Crippen molar-refractivity contribution in [1.82, 2.24) is 25.9 Å². The smallest absolute Gasteiger partial charge is 0.226 e. The monoisotopic (exact) mass is 428 g/mol. The van der Waals surface area contributed by atoms with Crippen LogP contribution >= 0.6 is 0 Å². The second kappa shape index (κ2) is 9.13. The molecule has 31 heavy (non-hydrogen) atoms. The van der Waals surface area contributed by atoms with E-state index < -0.39 is 0 Å². The highest BCUT2D eigenvalue weighted by molar-refractivity contribution is 5.83. The van der Waals surface area contributed by atoms with Crippen LogP contribution in [0.1, 0.15) is 49.9 Å². The second-order valence-corrected chi connectivity index (χ2v) is 8.70. The average molecular weight is 429 g/mol. The third kappa shape index (κ3) is 4.46. The maximum absolute atomic E-state index is 12.9. The van der Waals surface area contributed by atoms with Gasteiger partial charge in [-0.15, -0.1) is 5.10 Å². The number of fused-ring (bicyclic) bond motifs is 3. The Balaban J connectivity index is 1.32. The van der Waals surface area contributed by atoms with Crippen molar-refractivity contribution in [3.05, 3.63) is 47.6 Å². The molecule has 1 aromatic carbocycles. The number of ether oxygens (including phenoxy) is 1. The van der Waals surface area contributed by atoms with Crippen molar-refractivity contribution in [1.29, 1.82) is 0 Å². The molecular weight excluding hydrogens is 399 g/mol. The Morgan fingerprint density at radius 3 is 2.48 bits per heavy atom. The SMILES string of the molecule is NCC(=CF)COc1ccc(C23CCC(C(=O)NCCc4nnn[nH]4)(CC2)CC3)cc1. The van der Waals surface area contributed by atoms with Crippen molar-refractivity contribution in [2.45, 2.75) is 50.4 Å². The zero-order chi connectivity index (χ0) is 21.7. The van der Waals surface area contributed by atoms with Gasteiger partial charge in [-0.25, -0.2) is 9.49 Å². The first kappa shape index (κ1) is 21.4. The van der Waals surface area contributed by atoms with Crippen molar-refractivity contribution in [2.24, 2.45) is 11.1 Å². The maximum Gasteiger partial charge on any atom is 0.226 e. The van der Waals surface area contributed by atoms with Crippen LogP contribution < -0.4 is 15.8 Å². The molecule has 166 valence electrons. The summed E-state index contributed by atoms with van der Waals surface area (Å²) in [7, 11) is 0. The van der Waals surface area contributed by atoms with Crippen LogP contribution in [0.25, 0.3) is 0 Å². The van der Waals surface area contributed by atoms with Gasteiger partial charge in [-0.3, -0.25) is 4.79 Å². The van der Waals surface area contributed by atoms with Crippen LogP contribution in [-0.4, -0.2) is 46.2 Å². The van der Waals surface area contributed by atoms with Gasteiger partial charge in [0.1, 0.15) is 18.2 Å². The number of benzene rings is 1. The van der Waals surface area contributed by atoms with Gasteiger partial charge in [-0.05, 0) is 72.1 Å². The minimum absolute atomic E-state index is 0.132. The lowest BCUT2D eigenvalue weighted by Crippen LogP contribution is -2.51. The molecule has 3 fully saturated rings. The number of carbonyl (C=O) groups is 1. The van der Waals surface area contributed by atoms with Crippen LogP contribution in [0.5, 0.6) is 5.75 Å². The van der Waals surface area contributed by atoms with E-state index in [1.54, 1.807) is 0 Å². The highest BCUT2D eigenvalue weighted by Gasteiger charge is 2.52. The number of hydrogen-bond acceptors (Lipinski definition) is 6. The highest BCUT2D eigenvalue weighted by Crippen LogP contribution is 2.57. The minimum atomic E-state index is -0.248. The van der Waals surface area contributed by atoms with Gasteiger partial charge in [0.25, 0.3) is 0 Å². The van der Waals surface area contributed by atoms with Crippen LogP contribution in [0, 0.1) is 5.41 Å². The molecule has 8 nitrogen and oxygen atoms in total. The largest absolute Gasteiger partial charge is 0.489 e. The first-order valence-electron chi connectivity index (χ1n) is 10.8. The normalized spacial score (nSPS) is 25.4. The Labute approximate surface area is 180 Å². The fourth-order valence-corrected chi connectivity index (χ4v) is 4.94. The van der Waals surface area contributed by atoms with Crippen LogP contribution in [-0.2, 0) is 16.6 Å². The van der Waals surface area contributed by atoms with E-state index in [1.807, 2.05) is 12.1 Å². The van der Waals surface area contributed by atoms with E-state index in [9.17, 15) is 9.18 Å². The minimum Gasteiger partial charge on any atom is -0.489 e. The Hall–Kier alpha value is -2.81. The summed E-state index contributed by atoms with van der Waals surface area (Å²) in [5.41, 5.74) is 7.07. The number of H-pyrrole nitrogens is 1. The highest BCUT2D eigenvalue weighted by atomic mass is 19.1. The van der Waals surface area contributed by atoms with Crippen LogP contribution in [0.15, 0.2) is 36.2 Å². The van der Waals surface area contributed by atoms with Crippen molar-refractivity contribution in [3.8, 4) is 5.75 Å². The van der Waals surface area contributed by atoms with Gasteiger partial charge in [-0.1, -0.05) is 12.1 Å². The number of halogens is 1. The Morgan fingerprint density at radius 1 is 1.19 bits per heavy atom. The quantitative estimate of drug-likeness (QED) is 0.564. The molecule has 0 unspecified atom stereocenters. The molecular formula is C22H29FN6O2.